The van der Waals surface area contributed by atoms with E-state index in [1.165, 1.54) is 12.8 Å². The summed E-state index contributed by atoms with van der Waals surface area (Å²) in [4.78, 5) is 10.9. The highest BCUT2D eigenvalue weighted by molar-refractivity contribution is 5.88. The molecule has 0 heterocycles. The van der Waals surface area contributed by atoms with E-state index in [4.69, 9.17) is 5.11 Å². The third-order valence-electron chi connectivity index (χ3n) is 4.22. The molecule has 0 aliphatic heterocycles. The molecule has 3 nitrogen and oxygen atoms in total. The molecular weight excluding hydrogens is 226 g/mol. The molecule has 0 radical (unpaired) electrons. The van der Waals surface area contributed by atoms with E-state index in [-0.39, 0.29) is 0 Å². The summed E-state index contributed by atoms with van der Waals surface area (Å²) in [5.41, 5.74) is 2.85. The number of nitrogens with one attached hydrogen (secondary N) is 1. The van der Waals surface area contributed by atoms with Gasteiger partial charge in [-0.15, -0.1) is 0 Å². The second-order valence-corrected chi connectivity index (χ2v) is 5.71. The van der Waals surface area contributed by atoms with E-state index < -0.39 is 5.97 Å². The maximum absolute atomic E-state index is 10.9. The maximum Gasteiger partial charge on any atom is 0.335 e. The molecule has 98 valence electrons. The molecule has 18 heavy (non-hydrogen) atoms. The van der Waals surface area contributed by atoms with Gasteiger partial charge in [-0.25, -0.2) is 4.79 Å². The molecule has 0 unspecified atom stereocenters. The van der Waals surface area contributed by atoms with E-state index in [1.54, 1.807) is 12.1 Å². The Morgan fingerprint density at radius 1 is 1.44 bits per heavy atom. The molecule has 2 rings (SSSR count). The summed E-state index contributed by atoms with van der Waals surface area (Å²) in [5, 5.41) is 12.4. The minimum absolute atomic E-state index is 0.350. The molecule has 0 bridgehead atoms. The van der Waals surface area contributed by atoms with Crippen molar-refractivity contribution >= 4 is 11.7 Å². The highest BCUT2D eigenvalue weighted by Crippen LogP contribution is 2.51. The monoisotopic (exact) mass is 247 g/mol. The summed E-state index contributed by atoms with van der Waals surface area (Å²) in [6.45, 7) is 7.48. The number of carbonyl (C=O) groups is 1. The number of carboxylic acid groups (broad SMARTS) is 1. The molecule has 1 aromatic rings. The quantitative estimate of drug-likeness (QED) is 0.836. The normalized spacial score (nSPS) is 16.7. The second-order valence-electron chi connectivity index (χ2n) is 5.71. The Bertz CT molecular complexity index is 462. The van der Waals surface area contributed by atoms with Crippen molar-refractivity contribution in [3.63, 3.8) is 0 Å². The van der Waals surface area contributed by atoms with Gasteiger partial charge in [0.2, 0.25) is 0 Å². The van der Waals surface area contributed by atoms with Gasteiger partial charge >= 0.3 is 5.97 Å². The standard InChI is InChI=1S/C15H21NO2/c1-10(2)15(6-7-15)9-16-13-5-4-12(14(17)18)8-11(13)3/h4-5,8,10,16H,6-7,9H2,1-3H3,(H,17,18). The Morgan fingerprint density at radius 3 is 2.56 bits per heavy atom. The van der Waals surface area contributed by atoms with Gasteiger partial charge in [-0.1, -0.05) is 13.8 Å². The van der Waals surface area contributed by atoms with Gasteiger partial charge in [0.15, 0.2) is 0 Å². The summed E-state index contributed by atoms with van der Waals surface area (Å²) >= 11 is 0. The van der Waals surface area contributed by atoms with Crippen molar-refractivity contribution in [1.29, 1.82) is 0 Å². The van der Waals surface area contributed by atoms with Crippen LogP contribution in [0.2, 0.25) is 0 Å². The Kier molecular flexibility index (Phi) is 3.33. The summed E-state index contributed by atoms with van der Waals surface area (Å²) in [6.07, 6.45) is 2.59. The molecular formula is C15H21NO2. The number of aromatic carboxylic acids is 1. The van der Waals surface area contributed by atoms with Crippen molar-refractivity contribution in [3.8, 4) is 0 Å². The Morgan fingerprint density at radius 2 is 2.11 bits per heavy atom. The molecule has 0 atom stereocenters. The van der Waals surface area contributed by atoms with Gasteiger partial charge in [-0.2, -0.15) is 0 Å². The highest BCUT2D eigenvalue weighted by atomic mass is 16.4. The van der Waals surface area contributed by atoms with Crippen molar-refractivity contribution in [2.75, 3.05) is 11.9 Å². The van der Waals surface area contributed by atoms with Crippen LogP contribution in [0.25, 0.3) is 0 Å². The predicted molar refractivity (Wildman–Crippen MR) is 73.1 cm³/mol. The number of aryl methyl sites for hydroxylation is 1. The molecule has 3 heteroatoms. The topological polar surface area (TPSA) is 49.3 Å². The second kappa shape index (κ2) is 4.63. The third-order valence-corrected chi connectivity index (χ3v) is 4.22. The van der Waals surface area contributed by atoms with Crippen molar-refractivity contribution in [3.05, 3.63) is 29.3 Å². The Balaban J connectivity index is 2.04. The summed E-state index contributed by atoms with van der Waals surface area (Å²) < 4.78 is 0. The van der Waals surface area contributed by atoms with Crippen LogP contribution in [0.5, 0.6) is 0 Å². The van der Waals surface area contributed by atoms with Crippen LogP contribution in [-0.2, 0) is 0 Å². The van der Waals surface area contributed by atoms with Crippen molar-refractivity contribution in [2.45, 2.75) is 33.6 Å². The largest absolute Gasteiger partial charge is 0.478 e. The van der Waals surface area contributed by atoms with Crippen LogP contribution in [0.1, 0.15) is 42.6 Å². The molecule has 0 amide bonds. The number of benzene rings is 1. The van der Waals surface area contributed by atoms with E-state index in [9.17, 15) is 4.79 Å². The van der Waals surface area contributed by atoms with Crippen LogP contribution < -0.4 is 5.32 Å². The zero-order chi connectivity index (χ0) is 13.3. The highest BCUT2D eigenvalue weighted by Gasteiger charge is 2.44. The molecule has 0 saturated heterocycles. The fourth-order valence-electron chi connectivity index (χ4n) is 2.39. The van der Waals surface area contributed by atoms with Gasteiger partial charge in [0, 0.05) is 12.2 Å². The average Bonchev–Trinajstić information content (AvgIpc) is 3.08. The molecule has 1 aliphatic carbocycles. The van der Waals surface area contributed by atoms with Crippen LogP contribution in [0, 0.1) is 18.3 Å². The predicted octanol–water partition coefficient (Wildman–Crippen LogP) is 3.54. The fraction of sp³-hybridized carbons (Fsp3) is 0.533. The lowest BCUT2D eigenvalue weighted by atomic mass is 9.92. The lowest BCUT2D eigenvalue weighted by Gasteiger charge is -2.21. The first-order chi connectivity index (χ1) is 8.44. The van der Waals surface area contributed by atoms with Crippen molar-refractivity contribution in [2.24, 2.45) is 11.3 Å². The van der Waals surface area contributed by atoms with Crippen LogP contribution in [0.3, 0.4) is 0 Å². The van der Waals surface area contributed by atoms with Crippen LogP contribution in [0.15, 0.2) is 18.2 Å². The van der Waals surface area contributed by atoms with Gasteiger partial charge in [-0.3, -0.25) is 0 Å². The number of hydrogen-bond donors (Lipinski definition) is 2. The van der Waals surface area contributed by atoms with Crippen LogP contribution in [0.4, 0.5) is 5.69 Å². The fourth-order valence-corrected chi connectivity index (χ4v) is 2.39. The Hall–Kier alpha value is -1.51. The van der Waals surface area contributed by atoms with Gasteiger partial charge in [0.1, 0.15) is 0 Å². The van der Waals surface area contributed by atoms with Crippen molar-refractivity contribution < 1.29 is 9.90 Å². The molecule has 1 aliphatic rings. The number of carboxylic acids is 1. The zero-order valence-corrected chi connectivity index (χ0v) is 11.3. The average molecular weight is 247 g/mol. The molecule has 1 fully saturated rings. The molecule has 0 spiro atoms. The minimum Gasteiger partial charge on any atom is -0.478 e. The summed E-state index contributed by atoms with van der Waals surface area (Å²) in [6, 6.07) is 5.25. The van der Waals surface area contributed by atoms with Crippen molar-refractivity contribution in [1.82, 2.24) is 0 Å². The van der Waals surface area contributed by atoms with E-state index in [0.29, 0.717) is 16.9 Å². The van der Waals surface area contributed by atoms with Gasteiger partial charge < -0.3 is 10.4 Å². The minimum atomic E-state index is -0.870. The first-order valence-electron chi connectivity index (χ1n) is 6.52. The lowest BCUT2D eigenvalue weighted by Crippen LogP contribution is -2.21. The van der Waals surface area contributed by atoms with Crippen LogP contribution in [-0.4, -0.2) is 17.6 Å². The first-order valence-corrected chi connectivity index (χ1v) is 6.52. The number of hydrogen-bond acceptors (Lipinski definition) is 2. The van der Waals surface area contributed by atoms with E-state index in [1.807, 2.05) is 13.0 Å². The molecule has 2 N–H and O–H groups in total. The van der Waals surface area contributed by atoms with Gasteiger partial charge in [0.25, 0.3) is 0 Å². The molecule has 1 aromatic carbocycles. The maximum atomic E-state index is 10.9. The lowest BCUT2D eigenvalue weighted by molar-refractivity contribution is 0.0697. The van der Waals surface area contributed by atoms with Crippen LogP contribution >= 0.6 is 0 Å². The third kappa shape index (κ3) is 2.50. The number of anilines is 1. The molecule has 1 saturated carbocycles. The van der Waals surface area contributed by atoms with E-state index in [2.05, 4.69) is 19.2 Å². The smallest absolute Gasteiger partial charge is 0.335 e. The van der Waals surface area contributed by atoms with E-state index >= 15 is 0 Å². The van der Waals surface area contributed by atoms with Gasteiger partial charge in [-0.05, 0) is 54.9 Å². The molecule has 0 aromatic heterocycles. The first kappa shape index (κ1) is 12.9. The zero-order valence-electron chi connectivity index (χ0n) is 11.3. The summed E-state index contributed by atoms with van der Waals surface area (Å²) in [5.74, 6) is -0.172. The SMILES string of the molecule is Cc1cc(C(=O)O)ccc1NCC1(C(C)C)CC1. The van der Waals surface area contributed by atoms with Gasteiger partial charge in [0.05, 0.1) is 5.56 Å². The number of rotatable bonds is 5. The summed E-state index contributed by atoms with van der Waals surface area (Å²) in [7, 11) is 0. The van der Waals surface area contributed by atoms with E-state index in [0.717, 1.165) is 17.8 Å². The Labute approximate surface area is 108 Å².